The first-order valence-electron chi connectivity index (χ1n) is 17.2. The van der Waals surface area contributed by atoms with Crippen LogP contribution >= 0.6 is 0 Å². The predicted molar refractivity (Wildman–Crippen MR) is 183 cm³/mol. The minimum absolute atomic E-state index is 0. The van der Waals surface area contributed by atoms with Gasteiger partial charge in [0.2, 0.25) is 0 Å². The number of quaternary nitrogens is 4. The number of carbonyl (C=O) groups is 2. The molecule has 0 radical (unpaired) electrons. The molecule has 2 fully saturated rings. The van der Waals surface area contributed by atoms with Gasteiger partial charge in [-0.2, -0.15) is 0 Å². The summed E-state index contributed by atoms with van der Waals surface area (Å²) in [6, 6.07) is 0. The van der Waals surface area contributed by atoms with Gasteiger partial charge in [-0.25, -0.2) is 0 Å². The Kier molecular flexibility index (Phi) is 18.9. The normalized spacial score (nSPS) is 20.5. The third-order valence-electron chi connectivity index (χ3n) is 9.76. The van der Waals surface area contributed by atoms with Crippen LogP contribution in [0.1, 0.15) is 82.1 Å². The quantitative estimate of drug-likeness (QED) is 0.162. The van der Waals surface area contributed by atoms with E-state index in [2.05, 4.69) is 83.8 Å². The van der Waals surface area contributed by atoms with Gasteiger partial charge in [-0.05, 0) is 51.4 Å². The van der Waals surface area contributed by atoms with Gasteiger partial charge in [-0.3, -0.25) is 9.59 Å². The molecule has 8 nitrogen and oxygen atoms in total. The number of esters is 2. The van der Waals surface area contributed by atoms with E-state index in [-0.39, 0.29) is 70.7 Å². The zero-order chi connectivity index (χ0) is 34.5. The second-order valence-electron chi connectivity index (χ2n) is 19.9. The second-order valence-corrected chi connectivity index (χ2v) is 19.9. The molecular weight excluding hydrogens is 806 g/mol. The fourth-order valence-electron chi connectivity index (χ4n) is 6.85. The summed E-state index contributed by atoms with van der Waals surface area (Å²) >= 11 is 0. The summed E-state index contributed by atoms with van der Waals surface area (Å²) in [5, 5.41) is 0. The van der Waals surface area contributed by atoms with Crippen LogP contribution in [0.25, 0.3) is 0 Å². The van der Waals surface area contributed by atoms with E-state index in [0.717, 1.165) is 70.0 Å². The Balaban J connectivity index is 0. The highest BCUT2D eigenvalue weighted by Gasteiger charge is 2.38. The van der Waals surface area contributed by atoms with Gasteiger partial charge in [0.15, 0.2) is 0 Å². The van der Waals surface area contributed by atoms with Crippen LogP contribution in [0.5, 0.6) is 0 Å². The number of hydrogen-bond donors (Lipinski definition) is 0. The molecule has 0 N–H and O–H groups in total. The lowest BCUT2D eigenvalue weighted by Gasteiger charge is -2.44. The number of halogens is 2. The Labute approximate surface area is 319 Å². The van der Waals surface area contributed by atoms with Gasteiger partial charge in [-0.1, -0.05) is 41.5 Å². The number of ether oxygens (including phenoxy) is 2. The topological polar surface area (TPSA) is 52.6 Å². The number of nitrogens with zero attached hydrogens (tertiary/aromatic N) is 4. The monoisotopic (exact) mass is 882 g/mol. The van der Waals surface area contributed by atoms with E-state index in [4.69, 9.17) is 9.47 Å². The number of hydrogen-bond acceptors (Lipinski definition) is 4. The third-order valence-corrected chi connectivity index (χ3v) is 9.76. The molecule has 0 aromatic carbocycles. The predicted octanol–water partition coefficient (Wildman–Crippen LogP) is -0.935. The fourth-order valence-corrected chi connectivity index (χ4v) is 6.85. The standard InChI is InChI=1S/2C18H38N2O2.2HI/c2*1-17(2,3)15-18(4,5)16(21)22-14-13-20(8)11-9-19(6,7)10-12-20;;/h2*9-15H2,1-8H3;2*1H/q2*+2;;/p-2. The lowest BCUT2D eigenvalue weighted by Crippen LogP contribution is -3.00. The number of carbonyl (C=O) groups excluding carboxylic acids is 2. The minimum atomic E-state index is -0.405. The van der Waals surface area contributed by atoms with Gasteiger partial charge in [0.25, 0.3) is 0 Å². The molecule has 46 heavy (non-hydrogen) atoms. The highest BCUT2D eigenvalue weighted by atomic mass is 127. The molecule has 0 bridgehead atoms. The maximum Gasteiger partial charge on any atom is 0.311 e. The highest BCUT2D eigenvalue weighted by molar-refractivity contribution is 5.76. The van der Waals surface area contributed by atoms with Crippen LogP contribution in [-0.4, -0.2) is 151 Å². The smallest absolute Gasteiger partial charge is 0.311 e. The van der Waals surface area contributed by atoms with Crippen LogP contribution in [0, 0.1) is 21.7 Å². The maximum absolute atomic E-state index is 12.4. The molecule has 2 heterocycles. The molecule has 0 unspecified atom stereocenters. The summed E-state index contributed by atoms with van der Waals surface area (Å²) < 4.78 is 15.5. The first-order valence-corrected chi connectivity index (χ1v) is 17.2. The van der Waals surface area contributed by atoms with E-state index >= 15 is 0 Å². The third kappa shape index (κ3) is 18.9. The first-order chi connectivity index (χ1) is 19.5. The van der Waals surface area contributed by atoms with Crippen molar-refractivity contribution in [2.24, 2.45) is 21.7 Å². The van der Waals surface area contributed by atoms with Gasteiger partial charge in [0.05, 0.1) is 53.1 Å². The molecule has 2 saturated heterocycles. The molecule has 0 saturated carbocycles. The lowest BCUT2D eigenvalue weighted by atomic mass is 9.76. The van der Waals surface area contributed by atoms with Gasteiger partial charge in [0, 0.05) is 0 Å². The van der Waals surface area contributed by atoms with E-state index in [1.807, 2.05) is 27.7 Å². The van der Waals surface area contributed by atoms with Crippen LogP contribution in [0.3, 0.4) is 0 Å². The Morgan fingerprint density at radius 2 is 0.717 bits per heavy atom. The van der Waals surface area contributed by atoms with Gasteiger partial charge < -0.3 is 75.4 Å². The summed E-state index contributed by atoms with van der Waals surface area (Å²) in [6.45, 7) is 33.4. The van der Waals surface area contributed by atoms with Crippen LogP contribution < -0.4 is 48.0 Å². The number of rotatable bonds is 10. The first kappa shape index (κ1) is 48.4. The molecule has 276 valence electrons. The van der Waals surface area contributed by atoms with Gasteiger partial charge in [-0.15, -0.1) is 0 Å². The Morgan fingerprint density at radius 1 is 0.478 bits per heavy atom. The van der Waals surface area contributed by atoms with Gasteiger partial charge in [0.1, 0.15) is 78.7 Å². The Hall–Kier alpha value is 0.240. The molecule has 10 heteroatoms. The molecule has 0 spiro atoms. The fraction of sp³-hybridized carbons (Fsp3) is 0.944. The molecular formula is C36H76I2N4O4+2. The number of likely N-dealkylation sites (N-methyl/N-ethyl adjacent to an activating group) is 4. The van der Waals surface area contributed by atoms with Gasteiger partial charge >= 0.3 is 11.9 Å². The van der Waals surface area contributed by atoms with Crippen LogP contribution in [0.15, 0.2) is 0 Å². The van der Waals surface area contributed by atoms with Crippen molar-refractivity contribution in [3.8, 4) is 0 Å². The minimum Gasteiger partial charge on any atom is -1.00 e. The van der Waals surface area contributed by atoms with Crippen molar-refractivity contribution < 1.29 is 84.9 Å². The van der Waals surface area contributed by atoms with E-state index in [1.165, 1.54) is 26.2 Å². The maximum atomic E-state index is 12.4. The largest absolute Gasteiger partial charge is 1.00 e. The van der Waals surface area contributed by atoms with Crippen molar-refractivity contribution in [3.05, 3.63) is 0 Å². The van der Waals surface area contributed by atoms with Crippen molar-refractivity contribution >= 4 is 11.9 Å². The average Bonchev–Trinajstić information content (AvgIpc) is 2.81. The summed E-state index contributed by atoms with van der Waals surface area (Å²) in [5.74, 6) is -0.107. The Morgan fingerprint density at radius 3 is 0.935 bits per heavy atom. The van der Waals surface area contributed by atoms with E-state index in [9.17, 15) is 9.59 Å². The SMILES string of the molecule is CC(C)(C)CC(C)(C)C(=O)OCC[N+]1(C)CC[N+](C)(C)CC1.CC(C)(C)CC(C)(C)C(=O)OCC[N+]1(C)CC[N+](C)(C)CC1.[I-].[I-]. The summed E-state index contributed by atoms with van der Waals surface area (Å²) in [5.41, 5.74) is -0.538. The second kappa shape index (κ2) is 17.9. The lowest BCUT2D eigenvalue weighted by molar-refractivity contribution is -1.01. The highest BCUT2D eigenvalue weighted by Crippen LogP contribution is 2.35. The van der Waals surface area contributed by atoms with E-state index in [1.54, 1.807) is 0 Å². The van der Waals surface area contributed by atoms with Crippen LogP contribution in [-0.2, 0) is 19.1 Å². The molecule has 0 aliphatic carbocycles. The summed E-state index contributed by atoms with van der Waals surface area (Å²) in [7, 11) is 13.7. The summed E-state index contributed by atoms with van der Waals surface area (Å²) in [4.78, 5) is 24.7. The van der Waals surface area contributed by atoms with Crippen molar-refractivity contribution in [2.45, 2.75) is 82.1 Å². The van der Waals surface area contributed by atoms with Crippen molar-refractivity contribution in [1.29, 1.82) is 0 Å². The zero-order valence-electron chi connectivity index (χ0n) is 33.1. The van der Waals surface area contributed by atoms with E-state index < -0.39 is 10.8 Å². The van der Waals surface area contributed by atoms with Crippen LogP contribution in [0.4, 0.5) is 0 Å². The molecule has 2 aliphatic heterocycles. The molecule has 2 rings (SSSR count). The molecule has 2 aliphatic rings. The van der Waals surface area contributed by atoms with E-state index in [0.29, 0.717) is 13.2 Å². The average molecular weight is 883 g/mol. The zero-order valence-corrected chi connectivity index (χ0v) is 37.4. The van der Waals surface area contributed by atoms with Crippen LogP contribution in [0.2, 0.25) is 0 Å². The molecule has 0 aromatic heterocycles. The molecule has 0 amide bonds. The Bertz CT molecular complexity index is 857. The number of piperazine rings is 2. The summed E-state index contributed by atoms with van der Waals surface area (Å²) in [6.07, 6.45) is 1.69. The van der Waals surface area contributed by atoms with Crippen molar-refractivity contribution in [3.63, 3.8) is 0 Å². The molecule has 0 atom stereocenters. The molecule has 0 aromatic rings. The van der Waals surface area contributed by atoms with Crippen molar-refractivity contribution in [1.82, 2.24) is 0 Å². The van der Waals surface area contributed by atoms with Crippen molar-refractivity contribution in [2.75, 3.05) is 121 Å².